The van der Waals surface area contributed by atoms with Gasteiger partial charge in [-0.3, -0.25) is 0 Å². The van der Waals surface area contributed by atoms with Gasteiger partial charge in [0.2, 0.25) is 0 Å². The van der Waals surface area contributed by atoms with Crippen LogP contribution in [0, 0.1) is 0 Å². The third-order valence-electron chi connectivity index (χ3n) is 2.65. The molecule has 0 aliphatic carbocycles. The Bertz CT molecular complexity index is 363. The molecule has 0 fully saturated rings. The fourth-order valence-corrected chi connectivity index (χ4v) is 2.40. The number of fused-ring (bicyclic) bond motifs is 1. The number of halogens is 2. The molecule has 4 heteroatoms. The van der Waals surface area contributed by atoms with Crippen LogP contribution in [0.1, 0.15) is 18.4 Å². The second-order valence-electron chi connectivity index (χ2n) is 3.66. The molecule has 1 heterocycles. The Morgan fingerprint density at radius 2 is 2.07 bits per heavy atom. The van der Waals surface area contributed by atoms with Gasteiger partial charge in [-0.1, -0.05) is 23.2 Å². The van der Waals surface area contributed by atoms with Crippen LogP contribution in [0.15, 0.2) is 12.1 Å². The molecule has 2 atom stereocenters. The molecule has 1 aliphatic heterocycles. The average Bonchev–Trinajstić information content (AvgIpc) is 2.56. The van der Waals surface area contributed by atoms with Crippen molar-refractivity contribution in [2.45, 2.75) is 18.9 Å². The molecule has 2 nitrogen and oxygen atoms in total. The van der Waals surface area contributed by atoms with Gasteiger partial charge in [0.15, 0.2) is 0 Å². The van der Waals surface area contributed by atoms with Gasteiger partial charge in [0.05, 0.1) is 10.7 Å². The predicted octanol–water partition coefficient (Wildman–Crippen LogP) is 2.85. The average molecular weight is 231 g/mol. The zero-order chi connectivity index (χ0) is 10.3. The Hall–Kier alpha value is -0.440. The minimum atomic E-state index is 0.0831. The summed E-state index contributed by atoms with van der Waals surface area (Å²) in [5.41, 5.74) is 7.90. The molecule has 1 aromatic rings. The molecule has 76 valence electrons. The predicted molar refractivity (Wildman–Crippen MR) is 61.3 cm³/mol. The minimum Gasteiger partial charge on any atom is -0.383 e. The molecule has 2 rings (SSSR count). The molecule has 0 spiro atoms. The van der Waals surface area contributed by atoms with Crippen molar-refractivity contribution < 1.29 is 0 Å². The van der Waals surface area contributed by atoms with Crippen LogP contribution >= 0.6 is 23.2 Å². The fourth-order valence-electron chi connectivity index (χ4n) is 1.87. The van der Waals surface area contributed by atoms with E-state index in [1.165, 1.54) is 0 Å². The Balaban J connectivity index is 2.53. The summed E-state index contributed by atoms with van der Waals surface area (Å²) in [7, 11) is 0. The van der Waals surface area contributed by atoms with E-state index in [0.717, 1.165) is 22.8 Å². The highest BCUT2D eigenvalue weighted by atomic mass is 35.5. The van der Waals surface area contributed by atoms with Gasteiger partial charge in [0.1, 0.15) is 0 Å². The van der Waals surface area contributed by atoms with Gasteiger partial charge >= 0.3 is 0 Å². The van der Waals surface area contributed by atoms with Crippen LogP contribution in [0.3, 0.4) is 0 Å². The lowest BCUT2D eigenvalue weighted by atomic mass is 9.95. The SMILES string of the molecule is CC(N)C1CNc2c(Cl)ccc(Cl)c21. The van der Waals surface area contributed by atoms with Gasteiger partial charge in [-0.2, -0.15) is 0 Å². The van der Waals surface area contributed by atoms with E-state index < -0.39 is 0 Å². The van der Waals surface area contributed by atoms with Crippen molar-refractivity contribution in [3.8, 4) is 0 Å². The maximum absolute atomic E-state index is 6.13. The van der Waals surface area contributed by atoms with E-state index in [4.69, 9.17) is 28.9 Å². The first-order valence-electron chi connectivity index (χ1n) is 4.58. The fraction of sp³-hybridized carbons (Fsp3) is 0.400. The highest BCUT2D eigenvalue weighted by Gasteiger charge is 2.29. The molecule has 2 unspecified atom stereocenters. The normalized spacial score (nSPS) is 21.6. The Kier molecular flexibility index (Phi) is 2.60. The molecule has 1 aromatic carbocycles. The van der Waals surface area contributed by atoms with Crippen molar-refractivity contribution in [3.63, 3.8) is 0 Å². The Morgan fingerprint density at radius 3 is 2.71 bits per heavy atom. The van der Waals surface area contributed by atoms with Crippen LogP contribution in [0.5, 0.6) is 0 Å². The second kappa shape index (κ2) is 3.61. The van der Waals surface area contributed by atoms with E-state index in [9.17, 15) is 0 Å². The van der Waals surface area contributed by atoms with Gasteiger partial charge in [0, 0.05) is 29.1 Å². The monoisotopic (exact) mass is 230 g/mol. The van der Waals surface area contributed by atoms with Gasteiger partial charge in [-0.25, -0.2) is 0 Å². The molecule has 0 bridgehead atoms. The van der Waals surface area contributed by atoms with Crippen LogP contribution in [-0.4, -0.2) is 12.6 Å². The molecule has 1 aliphatic rings. The summed E-state index contributed by atoms with van der Waals surface area (Å²) in [5, 5.41) is 4.71. The molecule has 3 N–H and O–H groups in total. The number of hydrogen-bond acceptors (Lipinski definition) is 2. The topological polar surface area (TPSA) is 38.0 Å². The van der Waals surface area contributed by atoms with Crippen molar-refractivity contribution in [2.24, 2.45) is 5.73 Å². The zero-order valence-electron chi connectivity index (χ0n) is 7.85. The molecular weight excluding hydrogens is 219 g/mol. The van der Waals surface area contributed by atoms with Crippen LogP contribution in [0.25, 0.3) is 0 Å². The lowest BCUT2D eigenvalue weighted by molar-refractivity contribution is 0.610. The molecule has 0 radical (unpaired) electrons. The second-order valence-corrected chi connectivity index (χ2v) is 4.48. The van der Waals surface area contributed by atoms with Crippen LogP contribution in [0.4, 0.5) is 5.69 Å². The highest BCUT2D eigenvalue weighted by Crippen LogP contribution is 2.42. The Labute approximate surface area is 93.4 Å². The summed E-state index contributed by atoms with van der Waals surface area (Å²) < 4.78 is 0. The number of benzene rings is 1. The summed E-state index contributed by atoms with van der Waals surface area (Å²) in [4.78, 5) is 0. The number of hydrogen-bond donors (Lipinski definition) is 2. The standard InChI is InChI=1S/C10H12Cl2N2/c1-5(13)6-4-14-10-8(12)3-2-7(11)9(6)10/h2-3,5-6,14H,4,13H2,1H3. The minimum absolute atomic E-state index is 0.0831. The van der Waals surface area contributed by atoms with Crippen molar-refractivity contribution in [1.82, 2.24) is 0 Å². The van der Waals surface area contributed by atoms with E-state index >= 15 is 0 Å². The lowest BCUT2D eigenvalue weighted by Crippen LogP contribution is -2.26. The van der Waals surface area contributed by atoms with Crippen molar-refractivity contribution in [1.29, 1.82) is 0 Å². The highest BCUT2D eigenvalue weighted by molar-refractivity contribution is 6.36. The van der Waals surface area contributed by atoms with Crippen molar-refractivity contribution >= 4 is 28.9 Å². The summed E-state index contributed by atoms with van der Waals surface area (Å²) in [5.74, 6) is 0.260. The lowest BCUT2D eigenvalue weighted by Gasteiger charge is -2.15. The maximum atomic E-state index is 6.13. The van der Waals surface area contributed by atoms with E-state index in [1.807, 2.05) is 13.0 Å². The van der Waals surface area contributed by atoms with Gasteiger partial charge in [-0.05, 0) is 19.1 Å². The summed E-state index contributed by atoms with van der Waals surface area (Å²) in [6, 6.07) is 3.71. The van der Waals surface area contributed by atoms with Crippen LogP contribution < -0.4 is 11.1 Å². The van der Waals surface area contributed by atoms with E-state index in [1.54, 1.807) is 6.07 Å². The van der Waals surface area contributed by atoms with E-state index in [0.29, 0.717) is 5.02 Å². The number of rotatable bonds is 1. The molecule has 0 aromatic heterocycles. The van der Waals surface area contributed by atoms with Crippen molar-refractivity contribution in [2.75, 3.05) is 11.9 Å². The summed E-state index contributed by atoms with van der Waals surface area (Å²) in [6.45, 7) is 2.80. The smallest absolute Gasteiger partial charge is 0.0641 e. The molecule has 0 amide bonds. The van der Waals surface area contributed by atoms with E-state index in [-0.39, 0.29) is 12.0 Å². The summed E-state index contributed by atoms with van der Waals surface area (Å²) >= 11 is 12.2. The number of nitrogens with one attached hydrogen (secondary N) is 1. The molecular formula is C10H12Cl2N2. The third kappa shape index (κ3) is 1.48. The van der Waals surface area contributed by atoms with Gasteiger partial charge in [0.25, 0.3) is 0 Å². The largest absolute Gasteiger partial charge is 0.383 e. The maximum Gasteiger partial charge on any atom is 0.0641 e. The molecule has 14 heavy (non-hydrogen) atoms. The number of anilines is 1. The first-order valence-corrected chi connectivity index (χ1v) is 5.34. The van der Waals surface area contributed by atoms with Crippen LogP contribution in [-0.2, 0) is 0 Å². The quantitative estimate of drug-likeness (QED) is 0.779. The zero-order valence-corrected chi connectivity index (χ0v) is 9.36. The number of nitrogens with two attached hydrogens (primary N) is 1. The van der Waals surface area contributed by atoms with Crippen LogP contribution in [0.2, 0.25) is 10.0 Å². The first-order chi connectivity index (χ1) is 6.61. The van der Waals surface area contributed by atoms with Crippen molar-refractivity contribution in [3.05, 3.63) is 27.7 Å². The molecule has 0 saturated heterocycles. The third-order valence-corrected chi connectivity index (χ3v) is 3.29. The van der Waals surface area contributed by atoms with E-state index in [2.05, 4.69) is 5.32 Å². The Morgan fingerprint density at radius 1 is 1.43 bits per heavy atom. The summed E-state index contributed by atoms with van der Waals surface area (Å²) in [6.07, 6.45) is 0. The van der Waals surface area contributed by atoms with Gasteiger partial charge < -0.3 is 11.1 Å². The molecule has 0 saturated carbocycles. The first kappa shape index (κ1) is 10.1. The van der Waals surface area contributed by atoms with Gasteiger partial charge in [-0.15, -0.1) is 0 Å².